The maximum atomic E-state index is 8.25. The number of nitrogens with zero attached hydrogens (tertiary/aromatic N) is 2. The second-order valence-electron chi connectivity index (χ2n) is 1.17. The van der Waals surface area contributed by atoms with E-state index in [4.69, 9.17) is 11.0 Å². The van der Waals surface area contributed by atoms with Gasteiger partial charge in [0.2, 0.25) is 0 Å². The molecule has 0 aromatic heterocycles. The molecule has 0 aromatic carbocycles. The maximum absolute atomic E-state index is 8.25. The molecule has 0 rings (SSSR count). The average Bonchev–Trinajstić information content (AvgIpc) is 1.88. The van der Waals surface area contributed by atoms with Crippen LogP contribution in [0.5, 0.6) is 0 Å². The molecule has 0 aromatic rings. The quantitative estimate of drug-likeness (QED) is 0.543. The number of hydrogen-bond donors (Lipinski definition) is 1. The third-order valence-corrected chi connectivity index (χ3v) is 0.599. The van der Waals surface area contributed by atoms with Gasteiger partial charge in [0.05, 0.1) is 0 Å². The van der Waals surface area contributed by atoms with Crippen LogP contribution in [0.2, 0.25) is 0 Å². The Hall–Kier alpha value is -1.56. The fourth-order valence-electron chi connectivity index (χ4n) is 0.299. The number of rotatable bonds is 2. The molecule has 0 heterocycles. The summed E-state index contributed by atoms with van der Waals surface area (Å²) in [5, 5.41) is 8.25. The van der Waals surface area contributed by atoms with E-state index >= 15 is 0 Å². The predicted octanol–water partition coefficient (Wildman–Crippen LogP) is 0.567. The van der Waals surface area contributed by atoms with E-state index in [0.29, 0.717) is 0 Å². The molecule has 9 heavy (non-hydrogen) atoms. The van der Waals surface area contributed by atoms with Gasteiger partial charge in [0, 0.05) is 6.20 Å². The number of aliphatic imine (C=N–C) groups is 1. The van der Waals surface area contributed by atoms with Gasteiger partial charge in [-0.25, -0.2) is 4.99 Å². The highest BCUT2D eigenvalue weighted by Crippen LogP contribution is 1.78. The number of nitrogens with two attached hydrogens (primary N) is 1. The van der Waals surface area contributed by atoms with Crippen molar-refractivity contribution in [1.82, 2.24) is 0 Å². The molecule has 0 aliphatic carbocycles. The first-order valence-electron chi connectivity index (χ1n) is 2.32. The molecule has 46 valence electrons. The average molecular weight is 121 g/mol. The highest BCUT2D eigenvalue weighted by molar-refractivity contribution is 6.07. The van der Waals surface area contributed by atoms with E-state index in [9.17, 15) is 0 Å². The Balaban J connectivity index is 4.19. The first kappa shape index (κ1) is 7.44. The van der Waals surface area contributed by atoms with Gasteiger partial charge >= 0.3 is 0 Å². The summed E-state index contributed by atoms with van der Waals surface area (Å²) >= 11 is 0. The third kappa shape index (κ3) is 3.06. The number of nitriles is 1. The number of hydrogen-bond acceptors (Lipinski definition) is 3. The van der Waals surface area contributed by atoms with Gasteiger partial charge in [-0.15, -0.1) is 0 Å². The molecule has 0 aliphatic rings. The molecule has 0 unspecified atom stereocenters. The zero-order chi connectivity index (χ0) is 7.11. The minimum atomic E-state index is 0.257. The van der Waals surface area contributed by atoms with Crippen LogP contribution < -0.4 is 5.73 Å². The summed E-state index contributed by atoms with van der Waals surface area (Å²) in [6.07, 6.45) is 3.95. The Morgan fingerprint density at radius 1 is 1.78 bits per heavy atom. The van der Waals surface area contributed by atoms with Gasteiger partial charge in [-0.05, 0) is 12.3 Å². The first-order valence-corrected chi connectivity index (χ1v) is 2.32. The van der Waals surface area contributed by atoms with Gasteiger partial charge in [0.25, 0.3) is 0 Å². The smallest absolute Gasteiger partial charge is 0.141 e. The minimum Gasteiger partial charge on any atom is -0.405 e. The standard InChI is InChI=1S/C6H7N3/c1-2-9-6(5-8)3-4-7/h2-4H,1,7H2/b4-3-,9-6+. The summed E-state index contributed by atoms with van der Waals surface area (Å²) < 4.78 is 0. The second-order valence-corrected chi connectivity index (χ2v) is 1.17. The normalized spacial score (nSPS) is 11.2. The molecular weight excluding hydrogens is 114 g/mol. The molecule has 0 atom stereocenters. The fourth-order valence-corrected chi connectivity index (χ4v) is 0.299. The largest absolute Gasteiger partial charge is 0.405 e. The van der Waals surface area contributed by atoms with Crippen molar-refractivity contribution in [3.63, 3.8) is 0 Å². The van der Waals surface area contributed by atoms with Crippen LogP contribution in [-0.4, -0.2) is 5.71 Å². The lowest BCUT2D eigenvalue weighted by Gasteiger charge is -1.78. The van der Waals surface area contributed by atoms with Crippen molar-refractivity contribution in [1.29, 1.82) is 5.26 Å². The highest BCUT2D eigenvalue weighted by Gasteiger charge is 1.83. The highest BCUT2D eigenvalue weighted by atomic mass is 14.7. The summed E-state index contributed by atoms with van der Waals surface area (Å²) in [6, 6.07) is 1.82. The van der Waals surface area contributed by atoms with E-state index in [0.717, 1.165) is 0 Å². The van der Waals surface area contributed by atoms with E-state index in [1.165, 1.54) is 18.5 Å². The summed E-state index contributed by atoms with van der Waals surface area (Å²) in [6.45, 7) is 3.32. The third-order valence-electron chi connectivity index (χ3n) is 0.599. The summed E-state index contributed by atoms with van der Waals surface area (Å²) in [7, 11) is 0. The van der Waals surface area contributed by atoms with Gasteiger partial charge in [0.1, 0.15) is 11.8 Å². The maximum Gasteiger partial charge on any atom is 0.141 e. The van der Waals surface area contributed by atoms with E-state index in [-0.39, 0.29) is 5.71 Å². The van der Waals surface area contributed by atoms with Crippen LogP contribution in [0.4, 0.5) is 0 Å². The van der Waals surface area contributed by atoms with Gasteiger partial charge in [-0.3, -0.25) is 0 Å². The first-order chi connectivity index (χ1) is 4.35. The van der Waals surface area contributed by atoms with Crippen LogP contribution in [0.15, 0.2) is 30.0 Å². The van der Waals surface area contributed by atoms with Crippen molar-refractivity contribution in [2.24, 2.45) is 10.7 Å². The van der Waals surface area contributed by atoms with E-state index in [2.05, 4.69) is 11.6 Å². The van der Waals surface area contributed by atoms with Crippen LogP contribution in [0.25, 0.3) is 0 Å². The minimum absolute atomic E-state index is 0.257. The zero-order valence-electron chi connectivity index (χ0n) is 4.91. The molecule has 3 heteroatoms. The molecular formula is C6H7N3. The van der Waals surface area contributed by atoms with Crippen molar-refractivity contribution in [2.45, 2.75) is 0 Å². The summed E-state index contributed by atoms with van der Waals surface area (Å²) in [5.74, 6) is 0. The SMILES string of the molecule is C=C/N=C(C#N)\C=C/N. The topological polar surface area (TPSA) is 62.2 Å². The molecule has 0 spiro atoms. The van der Waals surface area contributed by atoms with Crippen molar-refractivity contribution >= 4 is 5.71 Å². The van der Waals surface area contributed by atoms with Gasteiger partial charge in [-0.2, -0.15) is 5.26 Å². The second kappa shape index (κ2) is 4.60. The monoisotopic (exact) mass is 121 g/mol. The lowest BCUT2D eigenvalue weighted by atomic mass is 10.4. The molecule has 0 bridgehead atoms. The summed E-state index contributed by atoms with van der Waals surface area (Å²) in [4.78, 5) is 3.58. The molecule has 0 fully saturated rings. The molecule has 0 radical (unpaired) electrons. The van der Waals surface area contributed by atoms with Gasteiger partial charge in [0.15, 0.2) is 0 Å². The van der Waals surface area contributed by atoms with Gasteiger partial charge in [-0.1, -0.05) is 6.58 Å². The molecule has 0 aliphatic heterocycles. The fraction of sp³-hybridized carbons (Fsp3) is 0. The van der Waals surface area contributed by atoms with Crippen molar-refractivity contribution in [3.05, 3.63) is 25.1 Å². The Morgan fingerprint density at radius 2 is 2.44 bits per heavy atom. The number of allylic oxidation sites excluding steroid dienone is 1. The van der Waals surface area contributed by atoms with E-state index < -0.39 is 0 Å². The van der Waals surface area contributed by atoms with Gasteiger partial charge < -0.3 is 5.73 Å². The van der Waals surface area contributed by atoms with Crippen LogP contribution in [0.1, 0.15) is 0 Å². The predicted molar refractivity (Wildman–Crippen MR) is 36.6 cm³/mol. The lowest BCUT2D eigenvalue weighted by Crippen LogP contribution is -1.88. The van der Waals surface area contributed by atoms with E-state index in [1.54, 1.807) is 0 Å². The van der Waals surface area contributed by atoms with Crippen LogP contribution in [-0.2, 0) is 0 Å². The van der Waals surface area contributed by atoms with Crippen LogP contribution >= 0.6 is 0 Å². The Bertz CT molecular complexity index is 183. The Kier molecular flexibility index (Phi) is 3.80. The zero-order valence-corrected chi connectivity index (χ0v) is 4.91. The van der Waals surface area contributed by atoms with Crippen LogP contribution in [0.3, 0.4) is 0 Å². The molecule has 2 N–H and O–H groups in total. The molecule has 0 saturated carbocycles. The molecule has 0 amide bonds. The Labute approximate surface area is 53.8 Å². The Morgan fingerprint density at radius 3 is 2.78 bits per heavy atom. The van der Waals surface area contributed by atoms with Crippen molar-refractivity contribution in [2.75, 3.05) is 0 Å². The van der Waals surface area contributed by atoms with Crippen molar-refractivity contribution < 1.29 is 0 Å². The molecule has 0 saturated heterocycles. The summed E-state index contributed by atoms with van der Waals surface area (Å²) in [5.41, 5.74) is 5.25. The van der Waals surface area contributed by atoms with E-state index in [1.807, 2.05) is 6.07 Å². The van der Waals surface area contributed by atoms with Crippen LogP contribution in [0, 0.1) is 11.3 Å². The lowest BCUT2D eigenvalue weighted by molar-refractivity contribution is 1.51. The van der Waals surface area contributed by atoms with Crippen molar-refractivity contribution in [3.8, 4) is 6.07 Å². The molecule has 3 nitrogen and oxygen atoms in total.